The first-order chi connectivity index (χ1) is 17.4. The van der Waals surface area contributed by atoms with Crippen molar-refractivity contribution in [3.8, 4) is 5.75 Å². The van der Waals surface area contributed by atoms with Gasteiger partial charge in [-0.15, -0.1) is 0 Å². The molecule has 0 bridgehead atoms. The van der Waals surface area contributed by atoms with E-state index in [2.05, 4.69) is 10.6 Å². The third-order valence-electron chi connectivity index (χ3n) is 6.96. The van der Waals surface area contributed by atoms with Gasteiger partial charge < -0.3 is 14.0 Å². The Bertz CT molecular complexity index is 1250. The molecule has 4 rings (SSSR count). The van der Waals surface area contributed by atoms with E-state index in [9.17, 15) is 18.0 Å². The average Bonchev–Trinajstić information content (AvgIpc) is 3.15. The number of nitrogens with zero attached hydrogens (tertiary/aromatic N) is 1. The predicted octanol–water partition coefficient (Wildman–Crippen LogP) is 8.21. The van der Waals surface area contributed by atoms with Crippen molar-refractivity contribution in [2.45, 2.75) is 90.5 Å². The molecular weight excluding hydrogens is 479 g/mol. The fourth-order valence-corrected chi connectivity index (χ4v) is 5.62. The van der Waals surface area contributed by atoms with Crippen LogP contribution in [-0.2, 0) is 22.1 Å². The molecule has 7 heteroatoms. The van der Waals surface area contributed by atoms with Gasteiger partial charge in [-0.25, -0.2) is 0 Å². The second-order valence-corrected chi connectivity index (χ2v) is 10.7. The molecule has 2 unspecified atom stereocenters. The van der Waals surface area contributed by atoms with Crippen LogP contribution in [0.4, 0.5) is 13.2 Å². The van der Waals surface area contributed by atoms with Crippen LogP contribution in [-0.4, -0.2) is 22.7 Å². The molecule has 0 fully saturated rings. The zero-order chi connectivity index (χ0) is 27.0. The van der Waals surface area contributed by atoms with E-state index in [4.69, 9.17) is 9.47 Å². The molecule has 1 heterocycles. The third-order valence-corrected chi connectivity index (χ3v) is 6.96. The first-order valence-electron chi connectivity index (χ1n) is 13.1. The summed E-state index contributed by atoms with van der Waals surface area (Å²) in [7, 11) is 0. The number of aromatic nitrogens is 1. The second-order valence-electron chi connectivity index (χ2n) is 10.7. The van der Waals surface area contributed by atoms with Crippen molar-refractivity contribution in [2.24, 2.45) is 0 Å². The van der Waals surface area contributed by atoms with Crippen LogP contribution in [0.5, 0.6) is 5.75 Å². The van der Waals surface area contributed by atoms with Crippen LogP contribution in [0.15, 0.2) is 42.5 Å². The summed E-state index contributed by atoms with van der Waals surface area (Å²) in [5.74, 6) is 0.520. The van der Waals surface area contributed by atoms with Crippen LogP contribution in [0.25, 0.3) is 10.9 Å². The standard InChI is InChI=1S/C30H36F3NO3/c1-6-23(19-14-16-21(17-15-19)30(31,32)33)34-24-12-9-13-25(37-29(3,4)5)27(24)22-11-8-10-20(28(22)34)18-26(35)36-7-2/h9,12-17,20,23H,6-8,10-11,18H2,1-5H3. The largest absolute Gasteiger partial charge is 0.487 e. The summed E-state index contributed by atoms with van der Waals surface area (Å²) in [6, 6.07) is 11.3. The first-order valence-corrected chi connectivity index (χ1v) is 13.1. The highest BCUT2D eigenvalue weighted by Gasteiger charge is 2.34. The van der Waals surface area contributed by atoms with Gasteiger partial charge in [0.1, 0.15) is 11.4 Å². The molecule has 0 N–H and O–H groups in total. The predicted molar refractivity (Wildman–Crippen MR) is 139 cm³/mol. The van der Waals surface area contributed by atoms with E-state index in [1.54, 1.807) is 19.1 Å². The molecular formula is C30H36F3NO3. The Morgan fingerprint density at radius 2 is 1.78 bits per heavy atom. The van der Waals surface area contributed by atoms with E-state index in [1.807, 2.05) is 39.8 Å². The highest BCUT2D eigenvalue weighted by molar-refractivity contribution is 5.92. The highest BCUT2D eigenvalue weighted by Crippen LogP contribution is 2.47. The molecule has 1 aliphatic rings. The fraction of sp³-hybridized carbons (Fsp3) is 0.500. The molecule has 3 aromatic rings. The number of esters is 1. The van der Waals surface area contributed by atoms with Gasteiger partial charge in [-0.2, -0.15) is 13.2 Å². The van der Waals surface area contributed by atoms with Crippen molar-refractivity contribution in [3.63, 3.8) is 0 Å². The molecule has 0 saturated carbocycles. The first kappa shape index (κ1) is 27.1. The van der Waals surface area contributed by atoms with Crippen molar-refractivity contribution in [1.82, 2.24) is 4.57 Å². The molecule has 1 aromatic heterocycles. The molecule has 0 amide bonds. The van der Waals surface area contributed by atoms with Crippen LogP contribution >= 0.6 is 0 Å². The van der Waals surface area contributed by atoms with E-state index in [-0.39, 0.29) is 24.3 Å². The van der Waals surface area contributed by atoms with Crippen LogP contribution in [0.1, 0.15) is 94.6 Å². The van der Waals surface area contributed by atoms with Crippen LogP contribution < -0.4 is 4.74 Å². The lowest BCUT2D eigenvalue weighted by Gasteiger charge is -2.29. The number of alkyl halides is 3. The Hall–Kier alpha value is -2.96. The maximum Gasteiger partial charge on any atom is 0.416 e. The van der Waals surface area contributed by atoms with Crippen molar-refractivity contribution < 1.29 is 27.4 Å². The molecule has 0 radical (unpaired) electrons. The van der Waals surface area contributed by atoms with Crippen LogP contribution in [0, 0.1) is 0 Å². The lowest BCUT2D eigenvalue weighted by atomic mass is 9.84. The number of carbonyl (C=O) groups excluding carboxylic acids is 1. The zero-order valence-electron chi connectivity index (χ0n) is 22.2. The average molecular weight is 516 g/mol. The Morgan fingerprint density at radius 1 is 1.08 bits per heavy atom. The van der Waals surface area contributed by atoms with Crippen molar-refractivity contribution in [1.29, 1.82) is 0 Å². The van der Waals surface area contributed by atoms with Gasteiger partial charge >= 0.3 is 12.1 Å². The van der Waals surface area contributed by atoms with Gasteiger partial charge in [0.05, 0.1) is 30.1 Å². The quantitative estimate of drug-likeness (QED) is 0.298. The van der Waals surface area contributed by atoms with Crippen molar-refractivity contribution in [2.75, 3.05) is 6.61 Å². The van der Waals surface area contributed by atoms with Crippen LogP contribution in [0.2, 0.25) is 0 Å². The molecule has 0 saturated heterocycles. The summed E-state index contributed by atoms with van der Waals surface area (Å²) in [4.78, 5) is 12.6. The van der Waals surface area contributed by atoms with Gasteiger partial charge in [0.25, 0.3) is 0 Å². The Kier molecular flexibility index (Phi) is 7.63. The number of fused-ring (bicyclic) bond motifs is 3. The number of aryl methyl sites for hydroxylation is 1. The van der Waals surface area contributed by atoms with Gasteiger partial charge in [-0.05, 0) is 88.8 Å². The number of hydrogen-bond donors (Lipinski definition) is 0. The minimum Gasteiger partial charge on any atom is -0.487 e. The maximum atomic E-state index is 13.3. The SMILES string of the molecule is CCOC(=O)CC1CCCc2c1n(C(CC)c1ccc(C(F)(F)F)cc1)c1cccc(OC(C)(C)C)c21. The van der Waals surface area contributed by atoms with Gasteiger partial charge in [0, 0.05) is 17.0 Å². The summed E-state index contributed by atoms with van der Waals surface area (Å²) >= 11 is 0. The van der Waals surface area contributed by atoms with E-state index in [0.29, 0.717) is 13.0 Å². The summed E-state index contributed by atoms with van der Waals surface area (Å²) in [6.45, 7) is 10.2. The number of benzene rings is 2. The molecule has 37 heavy (non-hydrogen) atoms. The Morgan fingerprint density at radius 3 is 2.38 bits per heavy atom. The molecule has 200 valence electrons. The topological polar surface area (TPSA) is 40.5 Å². The smallest absolute Gasteiger partial charge is 0.416 e. The van der Waals surface area contributed by atoms with Gasteiger partial charge in [-0.3, -0.25) is 4.79 Å². The summed E-state index contributed by atoms with van der Waals surface area (Å²) < 4.78 is 53.7. The number of hydrogen-bond acceptors (Lipinski definition) is 3. The number of ether oxygens (including phenoxy) is 2. The normalized spacial score (nSPS) is 16.9. The lowest BCUT2D eigenvalue weighted by Crippen LogP contribution is -2.23. The number of carbonyl (C=O) groups is 1. The molecule has 2 atom stereocenters. The zero-order valence-corrected chi connectivity index (χ0v) is 22.2. The fourth-order valence-electron chi connectivity index (χ4n) is 5.62. The van der Waals surface area contributed by atoms with E-state index >= 15 is 0 Å². The minimum absolute atomic E-state index is 0.0406. The highest BCUT2D eigenvalue weighted by atomic mass is 19.4. The van der Waals surface area contributed by atoms with Crippen molar-refractivity contribution >= 4 is 16.9 Å². The van der Waals surface area contributed by atoms with E-state index in [0.717, 1.165) is 59.3 Å². The monoisotopic (exact) mass is 515 g/mol. The Balaban J connectivity index is 1.94. The number of halogens is 3. The maximum absolute atomic E-state index is 13.3. The molecule has 1 aliphatic carbocycles. The molecule has 2 aromatic carbocycles. The van der Waals surface area contributed by atoms with E-state index in [1.165, 1.54) is 5.56 Å². The summed E-state index contributed by atoms with van der Waals surface area (Å²) in [5, 5.41) is 1.03. The van der Waals surface area contributed by atoms with E-state index < -0.39 is 17.3 Å². The molecule has 0 spiro atoms. The van der Waals surface area contributed by atoms with Crippen LogP contribution in [0.3, 0.4) is 0 Å². The summed E-state index contributed by atoms with van der Waals surface area (Å²) in [5.41, 5.74) is 2.96. The third kappa shape index (κ3) is 5.65. The second kappa shape index (κ2) is 10.4. The molecule has 4 nitrogen and oxygen atoms in total. The number of rotatable bonds is 7. The van der Waals surface area contributed by atoms with Gasteiger partial charge in [0.15, 0.2) is 0 Å². The summed E-state index contributed by atoms with van der Waals surface area (Å²) in [6.07, 6.45) is -0.790. The van der Waals surface area contributed by atoms with Crippen molar-refractivity contribution in [3.05, 3.63) is 64.8 Å². The Labute approximate surface area is 216 Å². The lowest BCUT2D eigenvalue weighted by molar-refractivity contribution is -0.143. The molecule has 0 aliphatic heterocycles. The van der Waals surface area contributed by atoms with Gasteiger partial charge in [0.2, 0.25) is 0 Å². The van der Waals surface area contributed by atoms with Gasteiger partial charge in [-0.1, -0.05) is 25.1 Å². The minimum atomic E-state index is -4.39.